The van der Waals surface area contributed by atoms with E-state index >= 15 is 8.78 Å². The van der Waals surface area contributed by atoms with Crippen molar-refractivity contribution in [1.29, 1.82) is 0 Å². The first-order valence-corrected chi connectivity index (χ1v) is 13.6. The third-order valence-electron chi connectivity index (χ3n) is 6.59. The van der Waals surface area contributed by atoms with Crippen LogP contribution in [0.25, 0.3) is 0 Å². The quantitative estimate of drug-likeness (QED) is 0.330. The zero-order chi connectivity index (χ0) is 29.9. The van der Waals surface area contributed by atoms with Gasteiger partial charge in [0.2, 0.25) is 17.9 Å². The Kier molecular flexibility index (Phi) is 9.29. The number of hydrogen-bond acceptors (Lipinski definition) is 11. The number of nitrogens with one attached hydrogen (secondary N) is 1. The number of nitrogens with zero attached hydrogens (tertiary/aromatic N) is 4. The largest absolute Gasteiger partial charge is 0.575 e. The molecule has 41 heavy (non-hydrogen) atoms. The molecule has 0 aliphatic carbocycles. The predicted octanol–water partition coefficient (Wildman–Crippen LogP) is 0.956. The Labute approximate surface area is 233 Å². The van der Waals surface area contributed by atoms with E-state index in [-0.39, 0.29) is 23.2 Å². The van der Waals surface area contributed by atoms with Gasteiger partial charge in [-0.3, -0.25) is 18.8 Å². The Balaban J connectivity index is 1.44. The van der Waals surface area contributed by atoms with Gasteiger partial charge >= 0.3 is 25.7 Å². The maximum absolute atomic E-state index is 15.0. The summed E-state index contributed by atoms with van der Waals surface area (Å²) in [6, 6.07) is 5.18. The van der Waals surface area contributed by atoms with Crippen LogP contribution < -0.4 is 25.2 Å². The van der Waals surface area contributed by atoms with Crippen LogP contribution in [0.4, 0.5) is 14.6 Å². The number of likely N-dealkylation sites (tertiary alicyclic amines) is 1. The fourth-order valence-corrected chi connectivity index (χ4v) is 5.08. The number of para-hydroxylation sites is 2. The first-order chi connectivity index (χ1) is 19.4. The molecule has 17 heteroatoms. The van der Waals surface area contributed by atoms with Gasteiger partial charge < -0.3 is 29.9 Å². The second-order valence-corrected chi connectivity index (χ2v) is 10.4. The number of carbonyl (C=O) groups is 2. The molecule has 4 rings (SSSR count). The molecular formula is C24H28F2N5O9P. The van der Waals surface area contributed by atoms with Gasteiger partial charge in [-0.2, -0.15) is 13.8 Å². The molecule has 0 saturated carbocycles. The van der Waals surface area contributed by atoms with Crippen molar-refractivity contribution in [3.63, 3.8) is 0 Å². The molecule has 2 aromatic rings. The highest BCUT2D eigenvalue weighted by atomic mass is 31.1. The third-order valence-corrected chi connectivity index (χ3v) is 7.48. The fourth-order valence-electron chi connectivity index (χ4n) is 4.33. The minimum absolute atomic E-state index is 0.0663. The number of halogens is 2. The van der Waals surface area contributed by atoms with Crippen LogP contribution in [0.3, 0.4) is 0 Å². The summed E-state index contributed by atoms with van der Waals surface area (Å²) in [4.78, 5) is 53.6. The predicted molar refractivity (Wildman–Crippen MR) is 137 cm³/mol. The molecule has 0 radical (unpaired) electrons. The summed E-state index contributed by atoms with van der Waals surface area (Å²) in [7, 11) is -1.01. The second kappa shape index (κ2) is 12.5. The first-order valence-electron chi connectivity index (χ1n) is 12.5. The average Bonchev–Trinajstić information content (AvgIpc) is 3.44. The maximum atomic E-state index is 15.0. The van der Waals surface area contributed by atoms with E-state index in [1.54, 1.807) is 7.05 Å². The number of anilines is 1. The van der Waals surface area contributed by atoms with Crippen LogP contribution in [0, 0.1) is 0 Å². The van der Waals surface area contributed by atoms with Crippen molar-refractivity contribution in [3.05, 3.63) is 47.0 Å². The van der Waals surface area contributed by atoms with Gasteiger partial charge in [-0.05, 0) is 51.6 Å². The lowest BCUT2D eigenvalue weighted by molar-refractivity contribution is -0.169. The lowest BCUT2D eigenvalue weighted by Gasteiger charge is -2.21. The lowest BCUT2D eigenvalue weighted by Crippen LogP contribution is -2.42. The number of carboxylic acids is 1. The number of benzene rings is 1. The van der Waals surface area contributed by atoms with Gasteiger partial charge in [0.15, 0.2) is 17.9 Å². The summed E-state index contributed by atoms with van der Waals surface area (Å²) in [5.74, 6) is -5.91. The molecule has 3 N–H and O–H groups in total. The van der Waals surface area contributed by atoms with Gasteiger partial charge in [0, 0.05) is 6.20 Å². The number of hydrogen-bond donors (Lipinski definition) is 3. The van der Waals surface area contributed by atoms with Crippen LogP contribution in [-0.4, -0.2) is 87.0 Å². The molecule has 222 valence electrons. The van der Waals surface area contributed by atoms with Crippen molar-refractivity contribution in [2.75, 3.05) is 25.5 Å². The van der Waals surface area contributed by atoms with Crippen LogP contribution in [0.1, 0.15) is 26.0 Å². The molecule has 1 amide bonds. The van der Waals surface area contributed by atoms with E-state index in [2.05, 4.69) is 15.0 Å². The van der Waals surface area contributed by atoms with Gasteiger partial charge in [-0.1, -0.05) is 16.9 Å². The molecule has 14 nitrogen and oxygen atoms in total. The summed E-state index contributed by atoms with van der Waals surface area (Å²) in [6.07, 6.45) is -3.76. The monoisotopic (exact) mass is 599 g/mol. The van der Waals surface area contributed by atoms with E-state index in [1.807, 2.05) is 4.90 Å². The minimum Gasteiger partial charge on any atom is -0.575 e. The van der Waals surface area contributed by atoms with Crippen LogP contribution in [0.5, 0.6) is 11.5 Å². The zero-order valence-electron chi connectivity index (χ0n) is 21.9. The van der Waals surface area contributed by atoms with Crippen molar-refractivity contribution in [2.24, 2.45) is 4.74 Å². The summed E-state index contributed by atoms with van der Waals surface area (Å²) in [5, 5.41) is 21.7. The summed E-state index contributed by atoms with van der Waals surface area (Å²) in [6.45, 7) is 1.32. The smallest absolute Gasteiger partial charge is 0.395 e. The Hall–Kier alpha value is -3.56. The molecule has 2 aliphatic heterocycles. The Bertz CT molecular complexity index is 1380. The molecule has 2 saturated heterocycles. The minimum atomic E-state index is -3.93. The molecule has 0 bridgehead atoms. The van der Waals surface area contributed by atoms with Crippen molar-refractivity contribution < 1.29 is 47.5 Å². The number of aliphatic hydroxyl groups is 1. The Morgan fingerprint density at radius 3 is 2.68 bits per heavy atom. The number of likely N-dealkylation sites (N-methyl/N-ethyl adjacent to an activating group) is 1. The average molecular weight is 599 g/mol. The Morgan fingerprint density at radius 2 is 2.05 bits per heavy atom. The summed E-state index contributed by atoms with van der Waals surface area (Å²) >= 11 is 0. The van der Waals surface area contributed by atoms with Crippen LogP contribution in [-0.2, 0) is 14.3 Å². The molecule has 6 atom stereocenters. The molecule has 0 spiro atoms. The summed E-state index contributed by atoms with van der Waals surface area (Å²) in [5.41, 5.74) is -1.14. The number of rotatable bonds is 10. The highest BCUT2D eigenvalue weighted by molar-refractivity contribution is 7.34. The molecular weight excluding hydrogens is 571 g/mol. The number of alkyl halides is 2. The third kappa shape index (κ3) is 6.85. The SMILES string of the molecule is CC(N=[P+]([O-])Oc1ccccc1OC[C@H]1O[C@@H](n2ccc(NC(=O)[C@@H]3CCCN3C)nc2=O)C(F)(F)[C@@H]1O)C(=O)O. The first kappa shape index (κ1) is 30.4. The van der Waals surface area contributed by atoms with Gasteiger partial charge in [0.25, 0.3) is 0 Å². The molecule has 1 aromatic carbocycles. The van der Waals surface area contributed by atoms with E-state index in [9.17, 15) is 24.4 Å². The van der Waals surface area contributed by atoms with Crippen LogP contribution >= 0.6 is 8.17 Å². The van der Waals surface area contributed by atoms with Crippen molar-refractivity contribution in [1.82, 2.24) is 14.5 Å². The standard InChI is InChI=1S/C24H28F2N5O9P/c1-13(21(34)35)29-41(37)40-16-8-4-3-7-15(16)38-12-17-19(32)24(25,26)22(39-17)31-11-9-18(28-23(31)36)27-20(33)14-6-5-10-30(14)2/h3-4,7-9,11,13-14,17,19,22,32H,5-6,10,12H2,1-2H3,(H,34,35)(H,27,28,33,36)/t13?,14-,17+,19+,22+/m0/s1. The number of amides is 1. The van der Waals surface area contributed by atoms with E-state index in [0.717, 1.165) is 19.2 Å². The topological polar surface area (TPSA) is 188 Å². The van der Waals surface area contributed by atoms with Crippen molar-refractivity contribution in [2.45, 2.75) is 56.2 Å². The highest BCUT2D eigenvalue weighted by Gasteiger charge is 2.60. The van der Waals surface area contributed by atoms with Gasteiger partial charge in [-0.25, -0.2) is 9.59 Å². The zero-order valence-corrected chi connectivity index (χ0v) is 22.8. The Morgan fingerprint density at radius 1 is 1.34 bits per heavy atom. The highest BCUT2D eigenvalue weighted by Crippen LogP contribution is 2.43. The molecule has 2 fully saturated rings. The van der Waals surface area contributed by atoms with E-state index in [0.29, 0.717) is 11.0 Å². The number of aromatic nitrogens is 2. The summed E-state index contributed by atoms with van der Waals surface area (Å²) < 4.78 is 50.0. The van der Waals surface area contributed by atoms with E-state index in [4.69, 9.17) is 19.1 Å². The maximum Gasteiger partial charge on any atom is 0.395 e. The fraction of sp³-hybridized carbons (Fsp3) is 0.500. The van der Waals surface area contributed by atoms with Crippen molar-refractivity contribution >= 4 is 25.9 Å². The van der Waals surface area contributed by atoms with Gasteiger partial charge in [0.1, 0.15) is 18.5 Å². The van der Waals surface area contributed by atoms with Gasteiger partial charge in [-0.15, -0.1) is 0 Å². The molecule has 3 heterocycles. The lowest BCUT2D eigenvalue weighted by atomic mass is 10.1. The van der Waals surface area contributed by atoms with E-state index < -0.39 is 62.9 Å². The van der Waals surface area contributed by atoms with Crippen LogP contribution in [0.15, 0.2) is 46.1 Å². The molecule has 1 aromatic heterocycles. The molecule has 2 unspecified atom stereocenters. The number of ether oxygens (including phenoxy) is 2. The number of carboxylic acid groups (broad SMARTS) is 1. The van der Waals surface area contributed by atoms with E-state index in [1.165, 1.54) is 37.3 Å². The second-order valence-electron chi connectivity index (χ2n) is 9.49. The normalized spacial score (nSPS) is 25.1. The van der Waals surface area contributed by atoms with Crippen molar-refractivity contribution in [3.8, 4) is 11.5 Å². The number of aliphatic carboxylic acids is 1. The number of aliphatic hydroxyl groups excluding tert-OH is 1. The molecule has 2 aliphatic rings. The number of carbonyl (C=O) groups excluding carboxylic acids is 1. The van der Waals surface area contributed by atoms with Crippen LogP contribution in [0.2, 0.25) is 0 Å². The van der Waals surface area contributed by atoms with Gasteiger partial charge in [0.05, 0.1) is 6.04 Å².